The van der Waals surface area contributed by atoms with Crippen molar-refractivity contribution >= 4 is 21.8 Å². The van der Waals surface area contributed by atoms with Crippen LogP contribution in [0.25, 0.3) is 11.0 Å². The Morgan fingerprint density at radius 2 is 1.87 bits per heavy atom. The summed E-state index contributed by atoms with van der Waals surface area (Å²) in [6.07, 6.45) is 2.44. The van der Waals surface area contributed by atoms with Crippen molar-refractivity contribution in [3.8, 4) is 0 Å². The lowest BCUT2D eigenvalue weighted by atomic mass is 10.2. The van der Waals surface area contributed by atoms with Crippen LogP contribution >= 0.6 is 0 Å². The quantitative estimate of drug-likeness (QED) is 0.621. The fourth-order valence-corrected chi connectivity index (χ4v) is 3.70. The molecule has 0 saturated carbocycles. The Hall–Kier alpha value is -2.01. The molecule has 2 heterocycles. The predicted octanol–water partition coefficient (Wildman–Crippen LogP) is 4.09. The Bertz CT molecular complexity index is 814. The summed E-state index contributed by atoms with van der Waals surface area (Å²) in [6, 6.07) is 12.8. The van der Waals surface area contributed by atoms with Crippen LogP contribution in [0, 0.1) is 5.82 Å². The molecule has 1 aromatic heterocycles. The van der Waals surface area contributed by atoms with Gasteiger partial charge >= 0.3 is 0 Å². The lowest BCUT2D eigenvalue weighted by Crippen LogP contribution is -1.87. The smallest absolute Gasteiger partial charge is 0.127 e. The monoisotopic (exact) mass is 332 g/mol. The van der Waals surface area contributed by atoms with Crippen LogP contribution in [0.15, 0.2) is 53.7 Å². The number of hydrogen-bond donors (Lipinski definition) is 0. The highest BCUT2D eigenvalue weighted by molar-refractivity contribution is 7.85. The van der Waals surface area contributed by atoms with E-state index in [1.165, 1.54) is 11.6 Å². The van der Waals surface area contributed by atoms with Crippen molar-refractivity contribution < 1.29 is 8.60 Å². The van der Waals surface area contributed by atoms with Gasteiger partial charge in [-0.3, -0.25) is 4.21 Å². The van der Waals surface area contributed by atoms with Gasteiger partial charge in [0.1, 0.15) is 5.82 Å². The Kier molecular flexibility index (Phi) is 6.04. The summed E-state index contributed by atoms with van der Waals surface area (Å²) in [5.41, 5.74) is 2.89. The van der Waals surface area contributed by atoms with Gasteiger partial charge in [-0.15, -0.1) is 0 Å². The van der Waals surface area contributed by atoms with E-state index in [9.17, 15) is 8.60 Å². The predicted molar refractivity (Wildman–Crippen MR) is 93.4 cm³/mol. The maximum absolute atomic E-state index is 12.9. The number of aryl methyl sites for hydroxylation is 1. The summed E-state index contributed by atoms with van der Waals surface area (Å²) in [5.74, 6) is 0.365. The number of para-hydroxylation sites is 2. The molecule has 5 heteroatoms. The average molecular weight is 332 g/mol. The number of fused-ring (bicyclic) bond motifs is 2. The zero-order valence-electron chi connectivity index (χ0n) is 13.6. The van der Waals surface area contributed by atoms with Crippen LogP contribution in [0.1, 0.15) is 19.4 Å². The van der Waals surface area contributed by atoms with Gasteiger partial charge in [-0.25, -0.2) is 9.37 Å². The van der Waals surface area contributed by atoms with E-state index < -0.39 is 10.8 Å². The lowest BCUT2D eigenvalue weighted by Gasteiger charge is -1.96. The molecule has 0 spiro atoms. The molecule has 2 aromatic carbocycles. The van der Waals surface area contributed by atoms with Gasteiger partial charge in [-0.2, -0.15) is 0 Å². The van der Waals surface area contributed by atoms with Crippen molar-refractivity contribution in [1.82, 2.24) is 9.55 Å². The van der Waals surface area contributed by atoms with Crippen LogP contribution in [0.3, 0.4) is 0 Å². The highest BCUT2D eigenvalue weighted by Gasteiger charge is 2.20. The van der Waals surface area contributed by atoms with Crippen molar-refractivity contribution in [2.24, 2.45) is 7.05 Å². The molecule has 0 radical (unpaired) electrons. The van der Waals surface area contributed by atoms with Gasteiger partial charge in [0.25, 0.3) is 0 Å². The molecular weight excluding hydrogens is 311 g/mol. The van der Waals surface area contributed by atoms with E-state index in [4.69, 9.17) is 0 Å². The second-order valence-electron chi connectivity index (χ2n) is 4.86. The summed E-state index contributed by atoms with van der Waals surface area (Å²) in [4.78, 5) is 4.87. The van der Waals surface area contributed by atoms with E-state index >= 15 is 0 Å². The molecule has 0 aliphatic carbocycles. The summed E-state index contributed by atoms with van der Waals surface area (Å²) >= 11 is 0. The number of halogens is 1. The molecule has 0 fully saturated rings. The van der Waals surface area contributed by atoms with Crippen molar-refractivity contribution in [2.75, 3.05) is 5.75 Å². The molecule has 1 aliphatic rings. The minimum Gasteiger partial charge on any atom is -0.334 e. The average Bonchev–Trinajstić information content (AvgIpc) is 3.16. The van der Waals surface area contributed by atoms with Gasteiger partial charge in [-0.1, -0.05) is 32.0 Å². The lowest BCUT2D eigenvalue weighted by molar-refractivity contribution is 0.609. The minimum atomic E-state index is -0.948. The van der Waals surface area contributed by atoms with Crippen LogP contribution < -0.4 is 0 Å². The van der Waals surface area contributed by atoms with Gasteiger partial charge in [0.05, 0.1) is 28.2 Å². The van der Waals surface area contributed by atoms with Crippen molar-refractivity contribution in [1.29, 1.82) is 0 Å². The highest BCUT2D eigenvalue weighted by Crippen LogP contribution is 2.24. The zero-order chi connectivity index (χ0) is 16.8. The van der Waals surface area contributed by atoms with Gasteiger partial charge in [-0.05, 0) is 30.7 Å². The third-order valence-electron chi connectivity index (χ3n) is 3.49. The summed E-state index contributed by atoms with van der Waals surface area (Å²) in [5, 5.41) is 0. The van der Waals surface area contributed by atoms with Crippen LogP contribution in [-0.2, 0) is 24.3 Å². The fraction of sp³-hybridized carbons (Fsp3) is 0.278. The fourth-order valence-electron chi connectivity index (χ4n) is 2.38. The van der Waals surface area contributed by atoms with E-state index in [1.54, 1.807) is 12.1 Å². The molecule has 122 valence electrons. The molecule has 0 N–H and O–H groups in total. The third-order valence-corrected chi connectivity index (χ3v) is 4.94. The second kappa shape index (κ2) is 8.02. The number of aromatic nitrogens is 2. The first-order valence-electron chi connectivity index (χ1n) is 7.68. The van der Waals surface area contributed by atoms with E-state index in [0.717, 1.165) is 5.52 Å². The highest BCUT2D eigenvalue weighted by atomic mass is 32.2. The summed E-state index contributed by atoms with van der Waals surface area (Å²) in [7, 11) is 1.05. The zero-order valence-corrected chi connectivity index (χ0v) is 14.4. The molecule has 3 aromatic rings. The number of hydrogen-bond acceptors (Lipinski definition) is 2. The van der Waals surface area contributed by atoms with Gasteiger partial charge in [0.15, 0.2) is 0 Å². The Balaban J connectivity index is 0.000000152. The molecular formula is C18H21FN2OS. The first kappa shape index (κ1) is 17.3. The first-order chi connectivity index (χ1) is 11.2. The SMILES string of the molecule is CC.Cn1cnc2ccccc21.O=S1CCc2c(F)cccc21. The van der Waals surface area contributed by atoms with Crippen LogP contribution in [-0.4, -0.2) is 19.5 Å². The van der Waals surface area contributed by atoms with E-state index in [1.807, 2.05) is 50.0 Å². The Labute approximate surface area is 138 Å². The molecule has 23 heavy (non-hydrogen) atoms. The van der Waals surface area contributed by atoms with Crippen molar-refractivity contribution in [3.05, 3.63) is 60.2 Å². The largest absolute Gasteiger partial charge is 0.334 e. The molecule has 0 amide bonds. The summed E-state index contributed by atoms with van der Waals surface area (Å²) < 4.78 is 26.1. The first-order valence-corrected chi connectivity index (χ1v) is 9.00. The minimum absolute atomic E-state index is 0.214. The number of benzene rings is 2. The van der Waals surface area contributed by atoms with Crippen molar-refractivity contribution in [2.45, 2.75) is 25.2 Å². The van der Waals surface area contributed by atoms with E-state index in [-0.39, 0.29) is 5.82 Å². The van der Waals surface area contributed by atoms with E-state index in [2.05, 4.69) is 11.1 Å². The van der Waals surface area contributed by atoms with Gasteiger partial charge < -0.3 is 4.57 Å². The Morgan fingerprint density at radius 3 is 2.57 bits per heavy atom. The van der Waals surface area contributed by atoms with Gasteiger partial charge in [0.2, 0.25) is 0 Å². The molecule has 3 nitrogen and oxygen atoms in total. The maximum atomic E-state index is 12.9. The molecule has 0 bridgehead atoms. The molecule has 0 saturated heterocycles. The molecule has 1 unspecified atom stereocenters. The molecule has 4 rings (SSSR count). The van der Waals surface area contributed by atoms with Crippen LogP contribution in [0.4, 0.5) is 4.39 Å². The second-order valence-corrected chi connectivity index (χ2v) is 6.40. The Morgan fingerprint density at radius 1 is 1.13 bits per heavy atom. The number of rotatable bonds is 0. The van der Waals surface area contributed by atoms with Crippen LogP contribution in [0.5, 0.6) is 0 Å². The standard InChI is InChI=1S/C8H7FOS.C8H8N2.C2H6/c9-7-2-1-3-8-6(7)4-5-11(8)10;1-10-6-9-7-4-2-3-5-8(7)10;1-2/h1-3H,4-5H2;2-6H,1H3;1-2H3. The summed E-state index contributed by atoms with van der Waals surface area (Å²) in [6.45, 7) is 4.00. The van der Waals surface area contributed by atoms with Gasteiger partial charge in [0, 0.05) is 23.3 Å². The number of nitrogens with zero attached hydrogens (tertiary/aromatic N) is 2. The normalized spacial score (nSPS) is 15.2. The van der Waals surface area contributed by atoms with Crippen LogP contribution in [0.2, 0.25) is 0 Å². The van der Waals surface area contributed by atoms with E-state index in [0.29, 0.717) is 22.6 Å². The topological polar surface area (TPSA) is 34.9 Å². The molecule has 1 aliphatic heterocycles. The number of imidazole rings is 1. The maximum Gasteiger partial charge on any atom is 0.127 e. The third kappa shape index (κ3) is 3.85. The van der Waals surface area contributed by atoms with Crippen molar-refractivity contribution in [3.63, 3.8) is 0 Å². The molecule has 1 atom stereocenters.